The maximum absolute atomic E-state index is 12.4. The lowest BCUT2D eigenvalue weighted by molar-refractivity contribution is -0.120. The minimum absolute atomic E-state index is 0.164. The van der Waals surface area contributed by atoms with Crippen molar-refractivity contribution in [2.75, 3.05) is 30.4 Å². The molecule has 1 aliphatic carbocycles. The van der Waals surface area contributed by atoms with Gasteiger partial charge in [-0.15, -0.1) is 0 Å². The third-order valence-corrected chi connectivity index (χ3v) is 5.15. The van der Waals surface area contributed by atoms with Gasteiger partial charge in [-0.1, -0.05) is 31.4 Å². The fraction of sp³-hybridized carbons (Fsp3) is 0.600. The lowest BCUT2D eigenvalue weighted by atomic mass is 9.88. The molecule has 1 amide bonds. The largest absolute Gasteiger partial charge is 0.357 e. The number of nitrogens with one attached hydrogen (secondary N) is 3. The first-order valence-corrected chi connectivity index (χ1v) is 11.0. The number of amides is 1. The zero-order valence-corrected chi connectivity index (χ0v) is 16.8. The minimum Gasteiger partial charge on any atom is -0.357 e. The second-order valence-corrected chi connectivity index (χ2v) is 7.62. The van der Waals surface area contributed by atoms with Crippen molar-refractivity contribution in [3.63, 3.8) is 0 Å². The van der Waals surface area contributed by atoms with Gasteiger partial charge in [-0.2, -0.15) is 11.8 Å². The number of carbonyl (C=O) groups is 1. The second-order valence-electron chi connectivity index (χ2n) is 6.64. The Hall–Kier alpha value is -1.69. The van der Waals surface area contributed by atoms with Gasteiger partial charge in [-0.05, 0) is 43.7 Å². The quantitative estimate of drug-likeness (QED) is 0.368. The summed E-state index contributed by atoms with van der Waals surface area (Å²) in [5.41, 5.74) is 1.96. The van der Waals surface area contributed by atoms with Crippen molar-refractivity contribution in [1.82, 2.24) is 10.6 Å². The molecule has 0 aliphatic heterocycles. The molecule has 1 saturated carbocycles. The van der Waals surface area contributed by atoms with E-state index in [0.717, 1.165) is 48.9 Å². The molecule has 0 aromatic heterocycles. The maximum atomic E-state index is 12.4. The minimum atomic E-state index is 0.164. The van der Waals surface area contributed by atoms with Crippen molar-refractivity contribution >= 4 is 29.3 Å². The number of aliphatic imine (C=N–C) groups is 1. The summed E-state index contributed by atoms with van der Waals surface area (Å²) >= 11 is 1.81. The predicted octanol–water partition coefficient (Wildman–Crippen LogP) is 3.62. The van der Waals surface area contributed by atoms with Gasteiger partial charge in [0.25, 0.3) is 0 Å². The Labute approximate surface area is 161 Å². The van der Waals surface area contributed by atoms with Crippen LogP contribution in [0.4, 0.5) is 5.69 Å². The average Bonchev–Trinajstić information content (AvgIpc) is 2.67. The van der Waals surface area contributed by atoms with E-state index in [2.05, 4.69) is 34.1 Å². The monoisotopic (exact) mass is 376 g/mol. The molecule has 0 heterocycles. The highest BCUT2D eigenvalue weighted by molar-refractivity contribution is 7.98. The molecular weight excluding hydrogens is 344 g/mol. The van der Waals surface area contributed by atoms with Crippen LogP contribution in [0.3, 0.4) is 0 Å². The van der Waals surface area contributed by atoms with Crippen molar-refractivity contribution < 1.29 is 4.79 Å². The van der Waals surface area contributed by atoms with E-state index in [1.807, 2.05) is 36.0 Å². The van der Waals surface area contributed by atoms with Gasteiger partial charge in [0.2, 0.25) is 5.91 Å². The van der Waals surface area contributed by atoms with Crippen molar-refractivity contribution in [2.24, 2.45) is 10.9 Å². The Bertz CT molecular complexity index is 585. The molecular formula is C20H32N4OS. The maximum Gasteiger partial charge on any atom is 0.227 e. The predicted molar refractivity (Wildman–Crippen MR) is 113 cm³/mol. The molecule has 6 heteroatoms. The van der Waals surface area contributed by atoms with E-state index in [1.54, 1.807) is 0 Å². The van der Waals surface area contributed by atoms with E-state index in [-0.39, 0.29) is 11.8 Å². The average molecular weight is 377 g/mol. The molecule has 2 rings (SSSR count). The third kappa shape index (κ3) is 7.28. The number of anilines is 1. The summed E-state index contributed by atoms with van der Waals surface area (Å²) in [7, 11) is 0. The molecule has 0 bridgehead atoms. The van der Waals surface area contributed by atoms with Gasteiger partial charge in [0.1, 0.15) is 0 Å². The summed E-state index contributed by atoms with van der Waals surface area (Å²) in [5.74, 6) is 2.22. The molecule has 0 unspecified atom stereocenters. The Morgan fingerprint density at radius 1 is 1.23 bits per heavy atom. The van der Waals surface area contributed by atoms with Gasteiger partial charge < -0.3 is 16.0 Å². The third-order valence-electron chi connectivity index (χ3n) is 4.53. The fourth-order valence-corrected chi connectivity index (χ4v) is 3.45. The molecule has 1 aromatic rings. The number of hydrogen-bond acceptors (Lipinski definition) is 3. The van der Waals surface area contributed by atoms with E-state index in [1.165, 1.54) is 19.3 Å². The first-order valence-electron chi connectivity index (χ1n) is 9.64. The van der Waals surface area contributed by atoms with Crippen LogP contribution in [0.5, 0.6) is 0 Å². The van der Waals surface area contributed by atoms with Crippen molar-refractivity contribution in [3.05, 3.63) is 29.8 Å². The van der Waals surface area contributed by atoms with Crippen LogP contribution < -0.4 is 16.0 Å². The first kappa shape index (κ1) is 20.6. The summed E-state index contributed by atoms with van der Waals surface area (Å²) < 4.78 is 0. The van der Waals surface area contributed by atoms with Crippen LogP contribution in [-0.4, -0.2) is 37.0 Å². The van der Waals surface area contributed by atoms with E-state index < -0.39 is 0 Å². The highest BCUT2D eigenvalue weighted by atomic mass is 32.2. The standard InChI is InChI=1S/C20H32N4OS/c1-3-21-20(22-12-13-26-2)23-15-16-8-7-11-18(14-16)24-19(25)17-9-5-4-6-10-17/h7-8,11,14,17H,3-6,9-10,12-13,15H2,1-2H3,(H,24,25)(H2,21,22,23). The number of rotatable bonds is 8. The first-order chi connectivity index (χ1) is 12.7. The molecule has 1 aliphatic rings. The Kier molecular flexibility index (Phi) is 9.39. The molecule has 0 radical (unpaired) electrons. The van der Waals surface area contributed by atoms with Gasteiger partial charge in [-0.25, -0.2) is 4.99 Å². The second kappa shape index (κ2) is 11.8. The number of thioether (sulfide) groups is 1. The molecule has 26 heavy (non-hydrogen) atoms. The SMILES string of the molecule is CCNC(=NCc1cccc(NC(=O)C2CCCCC2)c1)NCCSC. The number of nitrogens with zero attached hydrogens (tertiary/aromatic N) is 1. The highest BCUT2D eigenvalue weighted by Gasteiger charge is 2.20. The topological polar surface area (TPSA) is 65.5 Å². The summed E-state index contributed by atoms with van der Waals surface area (Å²) in [6, 6.07) is 8.01. The highest BCUT2D eigenvalue weighted by Crippen LogP contribution is 2.25. The van der Waals surface area contributed by atoms with Crippen molar-refractivity contribution in [2.45, 2.75) is 45.6 Å². The lowest BCUT2D eigenvalue weighted by Crippen LogP contribution is -2.38. The zero-order valence-electron chi connectivity index (χ0n) is 16.0. The Balaban J connectivity index is 1.92. The van der Waals surface area contributed by atoms with Gasteiger partial charge in [0.15, 0.2) is 5.96 Å². The van der Waals surface area contributed by atoms with Gasteiger partial charge in [0.05, 0.1) is 6.54 Å². The fourth-order valence-electron chi connectivity index (χ4n) is 3.14. The lowest BCUT2D eigenvalue weighted by Gasteiger charge is -2.20. The zero-order chi connectivity index (χ0) is 18.6. The van der Waals surface area contributed by atoms with Gasteiger partial charge >= 0.3 is 0 Å². The smallest absolute Gasteiger partial charge is 0.227 e. The number of hydrogen-bond donors (Lipinski definition) is 3. The summed E-state index contributed by atoms with van der Waals surface area (Å²) in [6.07, 6.45) is 7.73. The van der Waals surface area contributed by atoms with E-state index in [0.29, 0.717) is 6.54 Å². The molecule has 0 saturated heterocycles. The number of guanidine groups is 1. The van der Waals surface area contributed by atoms with E-state index >= 15 is 0 Å². The Morgan fingerprint density at radius 3 is 2.77 bits per heavy atom. The van der Waals surface area contributed by atoms with Crippen molar-refractivity contribution in [1.29, 1.82) is 0 Å². The summed E-state index contributed by atoms with van der Waals surface area (Å²) in [6.45, 7) is 4.38. The van der Waals surface area contributed by atoms with Crippen LogP contribution >= 0.6 is 11.8 Å². The number of benzene rings is 1. The molecule has 0 spiro atoms. The van der Waals surface area contributed by atoms with Crippen LogP contribution in [0.1, 0.15) is 44.6 Å². The molecule has 1 fully saturated rings. The Morgan fingerprint density at radius 2 is 2.04 bits per heavy atom. The molecule has 0 atom stereocenters. The molecule has 1 aromatic carbocycles. The van der Waals surface area contributed by atoms with Crippen LogP contribution in [-0.2, 0) is 11.3 Å². The molecule has 3 N–H and O–H groups in total. The normalized spacial score (nSPS) is 15.5. The van der Waals surface area contributed by atoms with E-state index in [4.69, 9.17) is 0 Å². The van der Waals surface area contributed by atoms with Crippen molar-refractivity contribution in [3.8, 4) is 0 Å². The van der Waals surface area contributed by atoms with Gasteiger partial charge in [-0.3, -0.25) is 4.79 Å². The van der Waals surface area contributed by atoms with Crippen LogP contribution in [0.25, 0.3) is 0 Å². The van der Waals surface area contributed by atoms with Crippen LogP contribution in [0.2, 0.25) is 0 Å². The van der Waals surface area contributed by atoms with Gasteiger partial charge in [0, 0.05) is 30.4 Å². The molecule has 5 nitrogen and oxygen atoms in total. The molecule has 144 valence electrons. The summed E-state index contributed by atoms with van der Waals surface area (Å²) in [4.78, 5) is 17.1. The summed E-state index contributed by atoms with van der Waals surface area (Å²) in [5, 5.41) is 9.68. The van der Waals surface area contributed by atoms with Crippen LogP contribution in [0, 0.1) is 5.92 Å². The van der Waals surface area contributed by atoms with E-state index in [9.17, 15) is 4.79 Å². The van der Waals surface area contributed by atoms with Crippen LogP contribution in [0.15, 0.2) is 29.3 Å². The number of carbonyl (C=O) groups excluding carboxylic acids is 1.